The van der Waals surface area contributed by atoms with Crippen LogP contribution in [0.15, 0.2) is 97.1 Å². The zero-order chi connectivity index (χ0) is 28.3. The van der Waals surface area contributed by atoms with Gasteiger partial charge in [0.05, 0.1) is 7.11 Å². The van der Waals surface area contributed by atoms with E-state index < -0.39 is 17.8 Å². The van der Waals surface area contributed by atoms with Crippen molar-refractivity contribution in [1.82, 2.24) is 4.90 Å². The highest BCUT2D eigenvalue weighted by Gasteiger charge is 2.18. The van der Waals surface area contributed by atoms with Crippen LogP contribution in [0, 0.1) is 5.82 Å². The molecule has 4 rings (SSSR count). The molecule has 0 aromatic heterocycles. The van der Waals surface area contributed by atoms with Crippen molar-refractivity contribution in [2.24, 2.45) is 5.73 Å². The van der Waals surface area contributed by atoms with Crippen LogP contribution in [0.25, 0.3) is 0 Å². The van der Waals surface area contributed by atoms with Crippen LogP contribution in [0.2, 0.25) is 0 Å². The predicted octanol–water partition coefficient (Wildman–Crippen LogP) is 6.01. The predicted molar refractivity (Wildman–Crippen MR) is 151 cm³/mol. The Kier molecular flexibility index (Phi) is 10.1. The number of rotatable bonds is 14. The van der Waals surface area contributed by atoms with Crippen LogP contribution in [-0.4, -0.2) is 35.7 Å². The topological polar surface area (TPSA) is 94.2 Å². The van der Waals surface area contributed by atoms with Gasteiger partial charge in [0.1, 0.15) is 29.9 Å². The van der Waals surface area contributed by atoms with E-state index in [0.717, 1.165) is 22.4 Å². The Bertz CT molecular complexity index is 1410. The van der Waals surface area contributed by atoms with E-state index in [1.165, 1.54) is 6.07 Å². The summed E-state index contributed by atoms with van der Waals surface area (Å²) < 4.78 is 31.7. The van der Waals surface area contributed by atoms with Gasteiger partial charge in [-0.05, 0) is 48.4 Å². The molecule has 1 atom stereocenters. The molecule has 40 heavy (non-hydrogen) atoms. The number of aliphatic carboxylic acids is 1. The number of nitrogens with zero attached hydrogens (tertiary/aromatic N) is 1. The maximum atomic E-state index is 14.3. The molecular formula is C32H33FN2O5. The van der Waals surface area contributed by atoms with Crippen LogP contribution in [-0.2, 0) is 24.5 Å². The highest BCUT2D eigenvalue weighted by molar-refractivity contribution is 5.73. The number of carboxylic acids is 1. The summed E-state index contributed by atoms with van der Waals surface area (Å²) in [7, 11) is 1.62. The SMILES string of the molecule is COc1cccc(COc2ccccc2CN(CC[C@H](N)C(=O)O)Cc2ccccc2Oc2ccccc2F)c1. The average molecular weight is 545 g/mol. The van der Waals surface area contributed by atoms with Crippen molar-refractivity contribution in [3.8, 4) is 23.0 Å². The van der Waals surface area contributed by atoms with Crippen molar-refractivity contribution in [2.45, 2.75) is 32.2 Å². The summed E-state index contributed by atoms with van der Waals surface area (Å²) in [5.74, 6) is 0.614. The molecule has 0 aliphatic carbocycles. The normalized spacial score (nSPS) is 11.7. The fourth-order valence-corrected chi connectivity index (χ4v) is 4.22. The molecule has 8 heteroatoms. The second kappa shape index (κ2) is 14.1. The molecule has 3 N–H and O–H groups in total. The number of methoxy groups -OCH3 is 1. The average Bonchev–Trinajstić information content (AvgIpc) is 2.97. The molecule has 0 radical (unpaired) electrons. The summed E-state index contributed by atoms with van der Waals surface area (Å²) in [6, 6.07) is 28.1. The molecule has 0 heterocycles. The molecule has 0 fully saturated rings. The molecule has 0 bridgehead atoms. The number of carboxylic acid groups (broad SMARTS) is 1. The van der Waals surface area contributed by atoms with Crippen LogP contribution in [0.4, 0.5) is 4.39 Å². The van der Waals surface area contributed by atoms with Crippen molar-refractivity contribution in [3.05, 3.63) is 120 Å². The van der Waals surface area contributed by atoms with Gasteiger partial charge < -0.3 is 25.1 Å². The van der Waals surface area contributed by atoms with Gasteiger partial charge in [-0.3, -0.25) is 9.69 Å². The fraction of sp³-hybridized carbons (Fsp3) is 0.219. The van der Waals surface area contributed by atoms with Gasteiger partial charge in [-0.2, -0.15) is 0 Å². The van der Waals surface area contributed by atoms with Gasteiger partial charge in [0, 0.05) is 30.8 Å². The molecule has 4 aromatic carbocycles. The maximum Gasteiger partial charge on any atom is 0.320 e. The van der Waals surface area contributed by atoms with Gasteiger partial charge in [0.15, 0.2) is 11.6 Å². The second-order valence-electron chi connectivity index (χ2n) is 9.33. The van der Waals surface area contributed by atoms with E-state index in [2.05, 4.69) is 4.90 Å². The minimum atomic E-state index is -1.05. The highest BCUT2D eigenvalue weighted by Crippen LogP contribution is 2.29. The summed E-state index contributed by atoms with van der Waals surface area (Å²) in [6.45, 7) is 1.65. The second-order valence-corrected chi connectivity index (χ2v) is 9.33. The number of halogens is 1. The van der Waals surface area contributed by atoms with Gasteiger partial charge in [-0.15, -0.1) is 0 Å². The third-order valence-corrected chi connectivity index (χ3v) is 6.39. The fourth-order valence-electron chi connectivity index (χ4n) is 4.22. The van der Waals surface area contributed by atoms with E-state index in [0.29, 0.717) is 37.7 Å². The minimum absolute atomic E-state index is 0.130. The number of hydrogen-bond donors (Lipinski definition) is 2. The molecule has 7 nitrogen and oxygen atoms in total. The van der Waals surface area contributed by atoms with Gasteiger partial charge in [0.25, 0.3) is 0 Å². The molecule has 0 amide bonds. The molecule has 0 aliphatic rings. The number of nitrogens with two attached hydrogens (primary N) is 1. The van der Waals surface area contributed by atoms with Crippen molar-refractivity contribution < 1.29 is 28.5 Å². The third-order valence-electron chi connectivity index (χ3n) is 6.39. The Morgan fingerprint density at radius 3 is 2.17 bits per heavy atom. The lowest BCUT2D eigenvalue weighted by molar-refractivity contribution is -0.138. The quantitative estimate of drug-likeness (QED) is 0.201. The molecule has 0 saturated carbocycles. The summed E-state index contributed by atoms with van der Waals surface area (Å²) in [5, 5.41) is 9.34. The van der Waals surface area contributed by atoms with Crippen molar-refractivity contribution in [1.29, 1.82) is 0 Å². The van der Waals surface area contributed by atoms with E-state index in [1.807, 2.05) is 66.7 Å². The van der Waals surface area contributed by atoms with Crippen LogP contribution in [0.3, 0.4) is 0 Å². The smallest absolute Gasteiger partial charge is 0.320 e. The molecular weight excluding hydrogens is 511 g/mol. The molecule has 4 aromatic rings. The van der Waals surface area contributed by atoms with Crippen molar-refractivity contribution in [3.63, 3.8) is 0 Å². The summed E-state index contributed by atoms with van der Waals surface area (Å²) in [5.41, 5.74) is 8.56. The number of carbonyl (C=O) groups is 1. The minimum Gasteiger partial charge on any atom is -0.497 e. The van der Waals surface area contributed by atoms with Crippen molar-refractivity contribution >= 4 is 5.97 Å². The van der Waals surface area contributed by atoms with E-state index in [9.17, 15) is 14.3 Å². The van der Waals surface area contributed by atoms with Crippen LogP contribution in [0.1, 0.15) is 23.1 Å². The molecule has 208 valence electrons. The third kappa shape index (κ3) is 8.05. The van der Waals surface area contributed by atoms with E-state index in [-0.39, 0.29) is 12.2 Å². The molecule has 0 unspecified atom stereocenters. The Balaban J connectivity index is 1.54. The Hall–Kier alpha value is -4.40. The first-order valence-electron chi connectivity index (χ1n) is 13.0. The largest absolute Gasteiger partial charge is 0.497 e. The van der Waals surface area contributed by atoms with E-state index >= 15 is 0 Å². The van der Waals surface area contributed by atoms with E-state index in [1.54, 1.807) is 31.4 Å². The molecule has 0 saturated heterocycles. The summed E-state index contributed by atoms with van der Waals surface area (Å²) in [6.07, 6.45) is 0.249. The number of hydrogen-bond acceptors (Lipinski definition) is 6. The zero-order valence-corrected chi connectivity index (χ0v) is 22.3. The van der Waals surface area contributed by atoms with E-state index in [4.69, 9.17) is 19.9 Å². The number of ether oxygens (including phenoxy) is 3. The van der Waals surface area contributed by atoms with Gasteiger partial charge in [-0.25, -0.2) is 4.39 Å². The monoisotopic (exact) mass is 544 g/mol. The number of benzene rings is 4. The Morgan fingerprint density at radius 2 is 1.50 bits per heavy atom. The Morgan fingerprint density at radius 1 is 0.875 bits per heavy atom. The Labute approximate surface area is 233 Å². The lowest BCUT2D eigenvalue weighted by Crippen LogP contribution is -2.35. The lowest BCUT2D eigenvalue weighted by atomic mass is 10.1. The van der Waals surface area contributed by atoms with Crippen LogP contribution >= 0.6 is 0 Å². The summed E-state index contributed by atoms with van der Waals surface area (Å²) >= 11 is 0. The first-order valence-corrected chi connectivity index (χ1v) is 13.0. The standard InChI is InChI=1S/C32H33FN2O5/c1-38-26-12-8-9-23(19-26)22-39-29-14-5-2-10-24(29)20-35(18-17-28(34)32(36)37)21-25-11-3-6-15-30(25)40-31-16-7-4-13-27(31)33/h2-16,19,28H,17-18,20-22,34H2,1H3,(H,36,37)/t28-/m0/s1. The maximum absolute atomic E-state index is 14.3. The molecule has 0 spiro atoms. The highest BCUT2D eigenvalue weighted by atomic mass is 19.1. The van der Waals surface area contributed by atoms with Gasteiger partial charge in [0.2, 0.25) is 0 Å². The lowest BCUT2D eigenvalue weighted by Gasteiger charge is -2.25. The summed E-state index contributed by atoms with van der Waals surface area (Å²) in [4.78, 5) is 13.5. The first-order chi connectivity index (χ1) is 19.4. The van der Waals surface area contributed by atoms with Crippen LogP contribution < -0.4 is 19.9 Å². The van der Waals surface area contributed by atoms with Gasteiger partial charge in [-0.1, -0.05) is 60.7 Å². The first kappa shape index (κ1) is 28.6. The van der Waals surface area contributed by atoms with Gasteiger partial charge >= 0.3 is 5.97 Å². The van der Waals surface area contributed by atoms with Crippen molar-refractivity contribution in [2.75, 3.05) is 13.7 Å². The number of para-hydroxylation sites is 3. The molecule has 0 aliphatic heterocycles. The zero-order valence-electron chi connectivity index (χ0n) is 22.3. The van der Waals surface area contributed by atoms with Crippen LogP contribution in [0.5, 0.6) is 23.0 Å².